The number of hydrogen-bond acceptors (Lipinski definition) is 4. The molecule has 1 heterocycles. The number of hydrogen-bond donors (Lipinski definition) is 2. The average molecular weight is 269 g/mol. The number of rotatable bonds is 8. The first kappa shape index (κ1) is 15.1. The zero-order valence-corrected chi connectivity index (χ0v) is 12.1. The number of carbonyl (C=O) groups is 1. The van der Waals surface area contributed by atoms with E-state index in [1.54, 1.807) is 11.3 Å². The molecule has 1 rings (SSSR count). The fourth-order valence-electron chi connectivity index (χ4n) is 1.75. The Balaban J connectivity index is 2.14. The normalized spacial score (nSPS) is 11.5. The van der Waals surface area contributed by atoms with E-state index in [1.807, 2.05) is 10.9 Å². The van der Waals surface area contributed by atoms with Crippen LogP contribution < -0.4 is 11.1 Å². The molecule has 1 amide bonds. The molecule has 0 aliphatic carbocycles. The van der Waals surface area contributed by atoms with E-state index < -0.39 is 0 Å². The fourth-order valence-corrected chi connectivity index (χ4v) is 2.34. The second-order valence-corrected chi connectivity index (χ2v) is 6.00. The molecule has 0 aliphatic heterocycles. The minimum absolute atomic E-state index is 0.121. The quantitative estimate of drug-likeness (QED) is 0.758. The molecule has 3 N–H and O–H groups in total. The average Bonchev–Trinajstić information content (AvgIpc) is 2.79. The van der Waals surface area contributed by atoms with E-state index in [9.17, 15) is 4.79 Å². The summed E-state index contributed by atoms with van der Waals surface area (Å²) in [6.07, 6.45) is 3.22. The summed E-state index contributed by atoms with van der Waals surface area (Å²) in [5, 5.41) is 4.94. The van der Waals surface area contributed by atoms with Gasteiger partial charge in [0.15, 0.2) is 0 Å². The van der Waals surface area contributed by atoms with Crippen molar-refractivity contribution in [2.45, 2.75) is 39.5 Å². The number of nitrogens with zero attached hydrogens (tertiary/aromatic N) is 1. The van der Waals surface area contributed by atoms with Crippen LogP contribution in [0.25, 0.3) is 0 Å². The van der Waals surface area contributed by atoms with Gasteiger partial charge in [-0.1, -0.05) is 13.8 Å². The summed E-state index contributed by atoms with van der Waals surface area (Å²) in [5.74, 6) is 0.121. The second-order valence-electron chi connectivity index (χ2n) is 5.28. The van der Waals surface area contributed by atoms with E-state index in [1.165, 1.54) is 0 Å². The number of aromatic nitrogens is 1. The van der Waals surface area contributed by atoms with Crippen LogP contribution in [0, 0.1) is 5.41 Å². The molecule has 1 aromatic heterocycles. The van der Waals surface area contributed by atoms with Crippen LogP contribution in [-0.4, -0.2) is 24.0 Å². The van der Waals surface area contributed by atoms with Gasteiger partial charge >= 0.3 is 0 Å². The van der Waals surface area contributed by atoms with E-state index in [2.05, 4.69) is 24.1 Å². The Bertz CT molecular complexity index is 349. The van der Waals surface area contributed by atoms with Gasteiger partial charge in [-0.15, -0.1) is 11.3 Å². The third-order valence-corrected chi connectivity index (χ3v) is 3.67. The summed E-state index contributed by atoms with van der Waals surface area (Å²) in [4.78, 5) is 15.8. The van der Waals surface area contributed by atoms with Crippen LogP contribution in [0.3, 0.4) is 0 Å². The standard InChI is InChI=1S/C13H23N3OS/c1-13(2,6-7-14)5-3-12(17)15-8-4-11-9-18-10-16-11/h9-10H,3-8,14H2,1-2H3,(H,15,17). The molecule has 0 unspecified atom stereocenters. The summed E-state index contributed by atoms with van der Waals surface area (Å²) in [7, 11) is 0. The Morgan fingerprint density at radius 3 is 2.89 bits per heavy atom. The van der Waals surface area contributed by atoms with Crippen LogP contribution in [0.4, 0.5) is 0 Å². The van der Waals surface area contributed by atoms with Gasteiger partial charge in [-0.2, -0.15) is 0 Å². The van der Waals surface area contributed by atoms with Crippen LogP contribution in [0.1, 0.15) is 38.8 Å². The maximum atomic E-state index is 11.7. The van der Waals surface area contributed by atoms with Crippen molar-refractivity contribution < 1.29 is 4.79 Å². The minimum Gasteiger partial charge on any atom is -0.356 e. The van der Waals surface area contributed by atoms with Gasteiger partial charge < -0.3 is 11.1 Å². The van der Waals surface area contributed by atoms with Crippen LogP contribution in [0.2, 0.25) is 0 Å². The zero-order valence-electron chi connectivity index (χ0n) is 11.2. The number of thiazole rings is 1. The van der Waals surface area contributed by atoms with Gasteiger partial charge in [-0.25, -0.2) is 4.98 Å². The summed E-state index contributed by atoms with van der Waals surface area (Å²) in [6, 6.07) is 0. The van der Waals surface area contributed by atoms with Crippen molar-refractivity contribution in [1.29, 1.82) is 0 Å². The summed E-state index contributed by atoms with van der Waals surface area (Å²) < 4.78 is 0. The van der Waals surface area contributed by atoms with Crippen LogP contribution in [0.15, 0.2) is 10.9 Å². The lowest BCUT2D eigenvalue weighted by molar-refractivity contribution is -0.121. The largest absolute Gasteiger partial charge is 0.356 e. The Morgan fingerprint density at radius 1 is 1.50 bits per heavy atom. The molecule has 0 fully saturated rings. The molecule has 18 heavy (non-hydrogen) atoms. The molecule has 0 saturated heterocycles. The number of nitrogens with two attached hydrogens (primary N) is 1. The van der Waals surface area contributed by atoms with Crippen LogP contribution in [0.5, 0.6) is 0 Å². The van der Waals surface area contributed by atoms with Crippen molar-refractivity contribution in [3.63, 3.8) is 0 Å². The van der Waals surface area contributed by atoms with E-state index in [0.717, 1.165) is 25.0 Å². The van der Waals surface area contributed by atoms with Crippen molar-refractivity contribution in [2.24, 2.45) is 11.1 Å². The first-order chi connectivity index (χ1) is 8.53. The van der Waals surface area contributed by atoms with Crippen LogP contribution >= 0.6 is 11.3 Å². The van der Waals surface area contributed by atoms with Gasteiger partial charge in [0.25, 0.3) is 0 Å². The van der Waals surface area contributed by atoms with Gasteiger partial charge in [0.2, 0.25) is 5.91 Å². The molecule has 102 valence electrons. The minimum atomic E-state index is 0.121. The second kappa shape index (κ2) is 7.48. The lowest BCUT2D eigenvalue weighted by Crippen LogP contribution is -2.27. The van der Waals surface area contributed by atoms with E-state index in [-0.39, 0.29) is 11.3 Å². The molecule has 0 aliphatic rings. The molecule has 0 bridgehead atoms. The summed E-state index contributed by atoms with van der Waals surface area (Å²) in [5.41, 5.74) is 8.56. The maximum absolute atomic E-state index is 11.7. The predicted molar refractivity (Wildman–Crippen MR) is 75.5 cm³/mol. The molecular formula is C13H23N3OS. The molecule has 0 aromatic carbocycles. The van der Waals surface area contributed by atoms with Gasteiger partial charge in [-0.3, -0.25) is 4.79 Å². The Morgan fingerprint density at radius 2 is 2.28 bits per heavy atom. The van der Waals surface area contributed by atoms with Gasteiger partial charge in [0, 0.05) is 24.8 Å². The highest BCUT2D eigenvalue weighted by molar-refractivity contribution is 7.07. The third-order valence-electron chi connectivity index (χ3n) is 3.04. The monoisotopic (exact) mass is 269 g/mol. The van der Waals surface area contributed by atoms with Gasteiger partial charge in [-0.05, 0) is 24.8 Å². The third kappa shape index (κ3) is 6.12. The molecule has 4 nitrogen and oxygen atoms in total. The first-order valence-corrected chi connectivity index (χ1v) is 7.31. The maximum Gasteiger partial charge on any atom is 0.220 e. The van der Waals surface area contributed by atoms with E-state index >= 15 is 0 Å². The zero-order chi connectivity index (χ0) is 13.4. The molecule has 0 saturated carbocycles. The lowest BCUT2D eigenvalue weighted by atomic mass is 9.84. The summed E-state index contributed by atoms with van der Waals surface area (Å²) >= 11 is 1.58. The summed E-state index contributed by atoms with van der Waals surface area (Å²) in [6.45, 7) is 5.66. The smallest absolute Gasteiger partial charge is 0.220 e. The molecule has 5 heteroatoms. The molecule has 0 atom stereocenters. The fraction of sp³-hybridized carbons (Fsp3) is 0.692. The molecule has 0 spiro atoms. The highest BCUT2D eigenvalue weighted by atomic mass is 32.1. The Kier molecular flexibility index (Phi) is 6.29. The molecule has 0 radical (unpaired) electrons. The van der Waals surface area contributed by atoms with Crippen molar-refractivity contribution in [1.82, 2.24) is 10.3 Å². The SMILES string of the molecule is CC(C)(CCN)CCC(=O)NCCc1cscn1. The van der Waals surface area contributed by atoms with Crippen molar-refractivity contribution >= 4 is 17.2 Å². The van der Waals surface area contributed by atoms with E-state index in [0.29, 0.717) is 19.5 Å². The van der Waals surface area contributed by atoms with Gasteiger partial charge in [0.05, 0.1) is 11.2 Å². The lowest BCUT2D eigenvalue weighted by Gasteiger charge is -2.23. The number of amides is 1. The Labute approximate surface area is 113 Å². The Hall–Kier alpha value is -0.940. The highest BCUT2D eigenvalue weighted by Gasteiger charge is 2.17. The highest BCUT2D eigenvalue weighted by Crippen LogP contribution is 2.25. The van der Waals surface area contributed by atoms with E-state index in [4.69, 9.17) is 5.73 Å². The van der Waals surface area contributed by atoms with Crippen molar-refractivity contribution in [3.8, 4) is 0 Å². The molecular weight excluding hydrogens is 246 g/mol. The molecule has 1 aromatic rings. The van der Waals surface area contributed by atoms with Crippen molar-refractivity contribution in [2.75, 3.05) is 13.1 Å². The predicted octanol–water partition coefficient (Wildman–Crippen LogP) is 1.96. The topological polar surface area (TPSA) is 68.0 Å². The first-order valence-electron chi connectivity index (χ1n) is 6.37. The van der Waals surface area contributed by atoms with Gasteiger partial charge in [0.1, 0.15) is 0 Å². The number of carbonyl (C=O) groups excluding carboxylic acids is 1. The van der Waals surface area contributed by atoms with Crippen molar-refractivity contribution in [3.05, 3.63) is 16.6 Å². The number of nitrogens with one attached hydrogen (secondary N) is 1. The van der Waals surface area contributed by atoms with Crippen LogP contribution in [-0.2, 0) is 11.2 Å².